The van der Waals surface area contributed by atoms with E-state index in [4.69, 9.17) is 0 Å². The number of hydrogen-bond acceptors (Lipinski definition) is 3. The molecule has 5 heteroatoms. The molecule has 2 fully saturated rings. The third-order valence-electron chi connectivity index (χ3n) is 7.52. The van der Waals surface area contributed by atoms with Crippen LogP contribution >= 0.6 is 0 Å². The van der Waals surface area contributed by atoms with Crippen molar-refractivity contribution in [3.8, 4) is 0 Å². The zero-order valence-electron chi connectivity index (χ0n) is 17.8. The molecule has 160 valence electrons. The fourth-order valence-electron chi connectivity index (χ4n) is 5.96. The summed E-state index contributed by atoms with van der Waals surface area (Å²) < 4.78 is 0. The predicted octanol–water partition coefficient (Wildman–Crippen LogP) is 3.83. The van der Waals surface area contributed by atoms with Crippen LogP contribution < -0.4 is 5.32 Å². The summed E-state index contributed by atoms with van der Waals surface area (Å²) in [6.07, 6.45) is 5.32. The number of carbonyl (C=O) groups excluding carboxylic acids is 3. The predicted molar refractivity (Wildman–Crippen MR) is 117 cm³/mol. The molecule has 5 nitrogen and oxygen atoms in total. The second-order valence-corrected chi connectivity index (χ2v) is 9.37. The molecule has 2 saturated carbocycles. The van der Waals surface area contributed by atoms with Crippen molar-refractivity contribution in [1.29, 1.82) is 0 Å². The van der Waals surface area contributed by atoms with Crippen molar-refractivity contribution in [3.05, 3.63) is 71.3 Å². The number of benzene rings is 2. The summed E-state index contributed by atoms with van der Waals surface area (Å²) in [6.45, 7) is 2.07. The molecular weight excluding hydrogens is 388 g/mol. The lowest BCUT2D eigenvalue weighted by molar-refractivity contribution is -0.126. The fourth-order valence-corrected chi connectivity index (χ4v) is 5.96. The van der Waals surface area contributed by atoms with Crippen LogP contribution in [0.15, 0.2) is 54.6 Å². The number of hydrogen-bond donors (Lipinski definition) is 1. The maximum Gasteiger partial charge on any atom is 0.262 e. The smallest absolute Gasteiger partial charge is 0.262 e. The highest BCUT2D eigenvalue weighted by molar-refractivity contribution is 6.22. The molecule has 2 aliphatic carbocycles. The SMILES string of the molecule is C[C@H](NC(=O)[C@H](Cc1ccccc1)N1C(=O)c2ccccc2C1=O)[C@@H]1C[C@H]2CC[C@H]1C2. The molecule has 2 bridgehead atoms. The van der Waals surface area contributed by atoms with Crippen LogP contribution in [0.2, 0.25) is 0 Å². The van der Waals surface area contributed by atoms with E-state index in [9.17, 15) is 14.4 Å². The van der Waals surface area contributed by atoms with E-state index >= 15 is 0 Å². The Bertz CT molecular complexity index is 983. The Balaban J connectivity index is 1.40. The molecule has 2 aromatic rings. The second kappa shape index (κ2) is 7.95. The first-order chi connectivity index (χ1) is 15.0. The van der Waals surface area contributed by atoms with Crippen molar-refractivity contribution in [2.45, 2.75) is 51.1 Å². The molecule has 1 aliphatic heterocycles. The minimum Gasteiger partial charge on any atom is -0.352 e. The van der Waals surface area contributed by atoms with E-state index in [-0.39, 0.29) is 23.8 Å². The number of carbonyl (C=O) groups is 3. The van der Waals surface area contributed by atoms with Crippen molar-refractivity contribution in [2.24, 2.45) is 17.8 Å². The number of nitrogens with one attached hydrogen (secondary N) is 1. The molecule has 0 saturated heterocycles. The highest BCUT2D eigenvalue weighted by atomic mass is 16.2. The first-order valence-electron chi connectivity index (χ1n) is 11.3. The van der Waals surface area contributed by atoms with Crippen LogP contribution in [-0.2, 0) is 11.2 Å². The third kappa shape index (κ3) is 3.56. The van der Waals surface area contributed by atoms with Gasteiger partial charge in [0.1, 0.15) is 6.04 Å². The largest absolute Gasteiger partial charge is 0.352 e. The number of fused-ring (bicyclic) bond motifs is 3. The van der Waals surface area contributed by atoms with Crippen molar-refractivity contribution >= 4 is 17.7 Å². The lowest BCUT2D eigenvalue weighted by atomic mass is 9.84. The maximum atomic E-state index is 13.5. The van der Waals surface area contributed by atoms with Gasteiger partial charge in [0.2, 0.25) is 5.91 Å². The monoisotopic (exact) mass is 416 g/mol. The summed E-state index contributed by atoms with van der Waals surface area (Å²) >= 11 is 0. The molecule has 1 heterocycles. The molecule has 0 radical (unpaired) electrons. The van der Waals surface area contributed by atoms with Crippen LogP contribution in [-0.4, -0.2) is 34.7 Å². The van der Waals surface area contributed by atoms with Gasteiger partial charge in [0.25, 0.3) is 11.8 Å². The molecule has 3 amide bonds. The van der Waals surface area contributed by atoms with Gasteiger partial charge in [-0.1, -0.05) is 48.9 Å². The summed E-state index contributed by atoms with van der Waals surface area (Å²) in [4.78, 5) is 40.9. The zero-order valence-corrected chi connectivity index (χ0v) is 17.8. The molecule has 5 rings (SSSR count). The van der Waals surface area contributed by atoms with Gasteiger partial charge < -0.3 is 5.32 Å². The summed E-state index contributed by atoms with van der Waals surface area (Å²) in [7, 11) is 0. The summed E-state index contributed by atoms with van der Waals surface area (Å²) in [5.41, 5.74) is 1.67. The van der Waals surface area contributed by atoms with Gasteiger partial charge >= 0.3 is 0 Å². The van der Waals surface area contributed by atoms with E-state index < -0.39 is 6.04 Å². The molecule has 5 atom stereocenters. The first-order valence-corrected chi connectivity index (χ1v) is 11.3. The molecule has 0 unspecified atom stereocenters. The average molecular weight is 417 g/mol. The Morgan fingerprint density at radius 3 is 2.19 bits per heavy atom. The van der Waals surface area contributed by atoms with Gasteiger partial charge in [0.15, 0.2) is 0 Å². The number of amides is 3. The van der Waals surface area contributed by atoms with Crippen LogP contribution in [0.5, 0.6) is 0 Å². The van der Waals surface area contributed by atoms with Gasteiger partial charge in [-0.05, 0) is 61.6 Å². The van der Waals surface area contributed by atoms with Crippen LogP contribution in [0.25, 0.3) is 0 Å². The normalized spacial score (nSPS) is 26.1. The van der Waals surface area contributed by atoms with Crippen molar-refractivity contribution in [3.63, 3.8) is 0 Å². The molecule has 2 aromatic carbocycles. The Labute approximate surface area is 182 Å². The van der Waals surface area contributed by atoms with Gasteiger partial charge in [-0.25, -0.2) is 0 Å². The lowest BCUT2D eigenvalue weighted by Crippen LogP contribution is -2.53. The molecule has 1 N–H and O–H groups in total. The van der Waals surface area contributed by atoms with Gasteiger partial charge in [0, 0.05) is 12.5 Å². The molecule has 31 heavy (non-hydrogen) atoms. The topological polar surface area (TPSA) is 66.5 Å². The Kier molecular flexibility index (Phi) is 5.12. The third-order valence-corrected chi connectivity index (χ3v) is 7.52. The van der Waals surface area contributed by atoms with Crippen LogP contribution in [0, 0.1) is 17.8 Å². The maximum absolute atomic E-state index is 13.5. The van der Waals surface area contributed by atoms with Gasteiger partial charge in [0.05, 0.1) is 11.1 Å². The second-order valence-electron chi connectivity index (χ2n) is 9.37. The summed E-state index contributed by atoms with van der Waals surface area (Å²) in [6, 6.07) is 15.6. The highest BCUT2D eigenvalue weighted by Crippen LogP contribution is 2.49. The van der Waals surface area contributed by atoms with Crippen molar-refractivity contribution < 1.29 is 14.4 Å². The number of imide groups is 1. The van der Waals surface area contributed by atoms with Crippen LogP contribution in [0.1, 0.15) is 58.9 Å². The van der Waals surface area contributed by atoms with E-state index in [0.717, 1.165) is 11.5 Å². The molecule has 3 aliphatic rings. The van der Waals surface area contributed by atoms with Gasteiger partial charge in [-0.3, -0.25) is 19.3 Å². The quantitative estimate of drug-likeness (QED) is 0.728. The summed E-state index contributed by atoms with van der Waals surface area (Å²) in [5, 5.41) is 3.19. The van der Waals surface area contributed by atoms with Crippen LogP contribution in [0.4, 0.5) is 0 Å². The minimum absolute atomic E-state index is 0.0382. The standard InChI is InChI=1S/C26H28N2O3/c1-16(22-14-18-11-12-19(22)13-18)27-24(29)23(15-17-7-3-2-4-8-17)28-25(30)20-9-5-6-10-21(20)26(28)31/h2-10,16,18-19,22-23H,11-15H2,1H3,(H,27,29)/t16-,18-,19-,22-,23-/m0/s1. The average Bonchev–Trinajstić information content (AvgIpc) is 3.48. The van der Waals surface area contributed by atoms with E-state index in [2.05, 4.69) is 12.2 Å². The Morgan fingerprint density at radius 2 is 1.61 bits per heavy atom. The minimum atomic E-state index is -0.865. The van der Waals surface area contributed by atoms with Gasteiger partial charge in [-0.2, -0.15) is 0 Å². The fraction of sp³-hybridized carbons (Fsp3) is 0.423. The summed E-state index contributed by atoms with van der Waals surface area (Å²) in [5.74, 6) is 0.960. The zero-order chi connectivity index (χ0) is 21.5. The van der Waals surface area contributed by atoms with Gasteiger partial charge in [-0.15, -0.1) is 0 Å². The number of rotatable bonds is 6. The molecule has 0 aromatic heterocycles. The molecular formula is C26H28N2O3. The lowest BCUT2D eigenvalue weighted by Gasteiger charge is -2.32. The Hall–Kier alpha value is -2.95. The van der Waals surface area contributed by atoms with Crippen molar-refractivity contribution in [1.82, 2.24) is 10.2 Å². The van der Waals surface area contributed by atoms with Crippen LogP contribution in [0.3, 0.4) is 0 Å². The highest BCUT2D eigenvalue weighted by Gasteiger charge is 2.45. The first kappa shape index (κ1) is 20.0. The van der Waals surface area contributed by atoms with E-state index in [0.29, 0.717) is 29.4 Å². The van der Waals surface area contributed by atoms with E-state index in [1.54, 1.807) is 24.3 Å². The van der Waals surface area contributed by atoms with E-state index in [1.165, 1.54) is 30.6 Å². The molecule has 0 spiro atoms. The number of nitrogens with zero attached hydrogens (tertiary/aromatic N) is 1. The van der Waals surface area contributed by atoms with E-state index in [1.807, 2.05) is 30.3 Å². The van der Waals surface area contributed by atoms with Crippen molar-refractivity contribution in [2.75, 3.05) is 0 Å². The Morgan fingerprint density at radius 1 is 0.968 bits per heavy atom.